The Hall–Kier alpha value is -0.410. The van der Waals surface area contributed by atoms with Crippen LogP contribution in [0.4, 0.5) is 0 Å². The summed E-state index contributed by atoms with van der Waals surface area (Å²) in [6.45, 7) is 17.4. The SMILES string of the molecule is CC.CC(C)C.CC12CCC(=O)CC1CCC1C2CCC2(C)C(OCCCCCCN)CCC12. The minimum atomic E-state index is 0.395. The van der Waals surface area contributed by atoms with Crippen molar-refractivity contribution in [1.82, 2.24) is 0 Å². The van der Waals surface area contributed by atoms with E-state index in [1.165, 1.54) is 57.8 Å². The topological polar surface area (TPSA) is 52.3 Å². The van der Waals surface area contributed by atoms with Gasteiger partial charge in [-0.25, -0.2) is 0 Å². The highest BCUT2D eigenvalue weighted by Gasteiger charge is 2.60. The van der Waals surface area contributed by atoms with Crippen LogP contribution in [0.25, 0.3) is 0 Å². The summed E-state index contributed by atoms with van der Waals surface area (Å²) in [5.74, 6) is 4.62. The van der Waals surface area contributed by atoms with Crippen molar-refractivity contribution >= 4 is 5.78 Å². The maximum atomic E-state index is 12.1. The molecule has 4 aliphatic carbocycles. The number of carbonyl (C=O) groups is 1. The standard InChI is InChI=1S/C25H43NO2.C4H10.C2H6/c1-24-13-11-19(27)17-18(24)7-8-20-21-9-10-23(25(21,2)14-12-22(20)24)28-16-6-4-3-5-15-26;1-4(2)3;1-2/h18,20-23H,3-17,26H2,1-2H3;4H,1-3H3;1-2H3. The first-order valence-electron chi connectivity index (χ1n) is 15.1. The number of ketones is 1. The molecule has 3 heteroatoms. The highest BCUT2D eigenvalue weighted by atomic mass is 16.5. The maximum absolute atomic E-state index is 12.1. The molecule has 0 aliphatic heterocycles. The molecule has 0 aromatic carbocycles. The molecule has 200 valence electrons. The molecule has 4 saturated carbocycles. The first-order chi connectivity index (χ1) is 16.2. The minimum absolute atomic E-state index is 0.395. The van der Waals surface area contributed by atoms with E-state index in [-0.39, 0.29) is 0 Å². The van der Waals surface area contributed by atoms with E-state index in [9.17, 15) is 4.79 Å². The van der Waals surface area contributed by atoms with Crippen molar-refractivity contribution < 1.29 is 9.53 Å². The molecule has 3 nitrogen and oxygen atoms in total. The van der Waals surface area contributed by atoms with Gasteiger partial charge in [-0.1, -0.05) is 61.3 Å². The van der Waals surface area contributed by atoms with Gasteiger partial charge in [0.25, 0.3) is 0 Å². The fourth-order valence-corrected chi connectivity index (χ4v) is 8.10. The third-order valence-corrected chi connectivity index (χ3v) is 9.81. The van der Waals surface area contributed by atoms with Crippen LogP contribution in [0.1, 0.15) is 132 Å². The largest absolute Gasteiger partial charge is 0.378 e. The van der Waals surface area contributed by atoms with Gasteiger partial charge in [-0.05, 0) is 105 Å². The Labute approximate surface area is 212 Å². The summed E-state index contributed by atoms with van der Waals surface area (Å²) >= 11 is 0. The number of fused-ring (bicyclic) bond motifs is 5. The lowest BCUT2D eigenvalue weighted by Crippen LogP contribution is -2.54. The lowest BCUT2D eigenvalue weighted by atomic mass is 9.45. The van der Waals surface area contributed by atoms with Gasteiger partial charge in [0.2, 0.25) is 0 Å². The average Bonchev–Trinajstić information content (AvgIpc) is 3.14. The molecule has 2 N–H and O–H groups in total. The van der Waals surface area contributed by atoms with Gasteiger partial charge in [0.1, 0.15) is 5.78 Å². The summed E-state index contributed by atoms with van der Waals surface area (Å²) in [5, 5.41) is 0. The molecule has 4 rings (SSSR count). The number of carbonyl (C=O) groups excluding carboxylic acids is 1. The average molecular weight is 478 g/mol. The number of hydrogen-bond donors (Lipinski definition) is 1. The molecule has 0 radical (unpaired) electrons. The van der Waals surface area contributed by atoms with Crippen LogP contribution in [0.5, 0.6) is 0 Å². The zero-order chi connectivity index (χ0) is 25.4. The summed E-state index contributed by atoms with van der Waals surface area (Å²) in [7, 11) is 0. The van der Waals surface area contributed by atoms with Crippen LogP contribution < -0.4 is 5.73 Å². The van der Waals surface area contributed by atoms with E-state index >= 15 is 0 Å². The molecule has 0 aromatic heterocycles. The Bertz CT molecular complexity index is 601. The number of unbranched alkanes of at least 4 members (excludes halogenated alkanes) is 3. The van der Waals surface area contributed by atoms with Gasteiger partial charge in [-0.15, -0.1) is 0 Å². The molecule has 7 unspecified atom stereocenters. The van der Waals surface area contributed by atoms with Crippen LogP contribution in [-0.4, -0.2) is 25.0 Å². The normalized spacial score (nSPS) is 38.6. The second-order valence-corrected chi connectivity index (χ2v) is 12.8. The monoisotopic (exact) mass is 477 g/mol. The molecule has 0 spiro atoms. The second-order valence-electron chi connectivity index (χ2n) is 12.8. The van der Waals surface area contributed by atoms with E-state index in [1.54, 1.807) is 0 Å². The van der Waals surface area contributed by atoms with Crippen molar-refractivity contribution in [3.05, 3.63) is 0 Å². The van der Waals surface area contributed by atoms with Gasteiger partial charge < -0.3 is 10.5 Å². The maximum Gasteiger partial charge on any atom is 0.133 e. The number of Topliss-reactive ketones (excluding diaryl/α,β-unsaturated/α-hetero) is 1. The Morgan fingerprint density at radius 2 is 1.53 bits per heavy atom. The fraction of sp³-hybridized carbons (Fsp3) is 0.968. The zero-order valence-electron chi connectivity index (χ0n) is 24.0. The molecular formula is C31H59NO2. The van der Waals surface area contributed by atoms with Gasteiger partial charge in [0.05, 0.1) is 6.10 Å². The van der Waals surface area contributed by atoms with Crippen molar-refractivity contribution in [2.24, 2.45) is 46.2 Å². The molecule has 0 heterocycles. The summed E-state index contributed by atoms with van der Waals surface area (Å²) in [5.41, 5.74) is 6.42. The highest BCUT2D eigenvalue weighted by Crippen LogP contribution is 2.66. The van der Waals surface area contributed by atoms with Gasteiger partial charge in [-0.3, -0.25) is 4.79 Å². The predicted molar refractivity (Wildman–Crippen MR) is 146 cm³/mol. The first kappa shape index (κ1) is 29.8. The smallest absolute Gasteiger partial charge is 0.133 e. The van der Waals surface area contributed by atoms with Gasteiger partial charge in [-0.2, -0.15) is 0 Å². The van der Waals surface area contributed by atoms with Crippen LogP contribution in [0.3, 0.4) is 0 Å². The number of hydrogen-bond acceptors (Lipinski definition) is 3. The fourth-order valence-electron chi connectivity index (χ4n) is 8.10. The van der Waals surface area contributed by atoms with Crippen LogP contribution in [0.2, 0.25) is 0 Å². The van der Waals surface area contributed by atoms with Crippen LogP contribution >= 0.6 is 0 Å². The van der Waals surface area contributed by atoms with Crippen LogP contribution in [0.15, 0.2) is 0 Å². The Balaban J connectivity index is 0.000000618. The highest BCUT2D eigenvalue weighted by molar-refractivity contribution is 5.79. The first-order valence-corrected chi connectivity index (χ1v) is 15.1. The van der Waals surface area contributed by atoms with Gasteiger partial charge >= 0.3 is 0 Å². The van der Waals surface area contributed by atoms with E-state index in [1.807, 2.05) is 13.8 Å². The molecular weight excluding hydrogens is 418 g/mol. The molecule has 7 atom stereocenters. The van der Waals surface area contributed by atoms with E-state index < -0.39 is 0 Å². The molecule has 4 aliphatic rings. The predicted octanol–water partition coefficient (Wildman–Crippen LogP) is 8.19. The van der Waals surface area contributed by atoms with Crippen LogP contribution in [-0.2, 0) is 9.53 Å². The van der Waals surface area contributed by atoms with E-state index in [0.29, 0.717) is 28.6 Å². The van der Waals surface area contributed by atoms with E-state index in [4.69, 9.17) is 10.5 Å². The van der Waals surface area contributed by atoms with Crippen molar-refractivity contribution in [2.75, 3.05) is 13.2 Å². The van der Waals surface area contributed by atoms with Crippen LogP contribution in [0, 0.1) is 40.4 Å². The number of nitrogens with two attached hydrogens (primary N) is 1. The van der Waals surface area contributed by atoms with Gasteiger partial charge in [0, 0.05) is 19.4 Å². The Morgan fingerprint density at radius 1 is 0.882 bits per heavy atom. The van der Waals surface area contributed by atoms with Crippen molar-refractivity contribution in [3.63, 3.8) is 0 Å². The second kappa shape index (κ2) is 13.8. The quantitative estimate of drug-likeness (QED) is 0.376. The lowest BCUT2D eigenvalue weighted by Gasteiger charge is -2.60. The third-order valence-electron chi connectivity index (χ3n) is 9.81. The molecule has 0 saturated heterocycles. The third kappa shape index (κ3) is 6.87. The van der Waals surface area contributed by atoms with Crippen molar-refractivity contribution in [2.45, 2.75) is 138 Å². The van der Waals surface area contributed by atoms with Gasteiger partial charge in [0.15, 0.2) is 0 Å². The Kier molecular flexibility index (Phi) is 12.1. The summed E-state index contributed by atoms with van der Waals surface area (Å²) in [6.07, 6.45) is 16.2. The van der Waals surface area contributed by atoms with Crippen molar-refractivity contribution in [3.8, 4) is 0 Å². The van der Waals surface area contributed by atoms with E-state index in [2.05, 4.69) is 34.6 Å². The summed E-state index contributed by atoms with van der Waals surface area (Å²) in [6, 6.07) is 0. The Morgan fingerprint density at radius 3 is 2.21 bits per heavy atom. The number of ether oxygens (including phenoxy) is 1. The number of rotatable bonds is 7. The van der Waals surface area contributed by atoms with Crippen molar-refractivity contribution in [1.29, 1.82) is 0 Å². The minimum Gasteiger partial charge on any atom is -0.378 e. The molecule has 34 heavy (non-hydrogen) atoms. The van der Waals surface area contributed by atoms with E-state index in [0.717, 1.165) is 62.5 Å². The zero-order valence-corrected chi connectivity index (χ0v) is 24.0. The molecule has 0 aromatic rings. The molecule has 0 bridgehead atoms. The summed E-state index contributed by atoms with van der Waals surface area (Å²) < 4.78 is 6.51. The summed E-state index contributed by atoms with van der Waals surface area (Å²) in [4.78, 5) is 12.1. The lowest BCUT2D eigenvalue weighted by molar-refractivity contribution is -0.145. The molecule has 4 fully saturated rings. The molecule has 0 amide bonds.